The molecule has 3 heteroatoms. The van der Waals surface area contributed by atoms with Crippen LogP contribution in [0.3, 0.4) is 0 Å². The van der Waals surface area contributed by atoms with Gasteiger partial charge in [0.2, 0.25) is 0 Å². The van der Waals surface area contributed by atoms with Gasteiger partial charge in [-0.25, -0.2) is 0 Å². The first-order valence-electron chi connectivity index (χ1n) is 7.11. The van der Waals surface area contributed by atoms with E-state index >= 15 is 0 Å². The molecule has 2 N–H and O–H groups in total. The van der Waals surface area contributed by atoms with Gasteiger partial charge in [-0.1, -0.05) is 6.07 Å². The van der Waals surface area contributed by atoms with E-state index < -0.39 is 0 Å². The predicted octanol–water partition coefficient (Wildman–Crippen LogP) is 3.05. The zero-order valence-electron chi connectivity index (χ0n) is 11.8. The summed E-state index contributed by atoms with van der Waals surface area (Å²) < 4.78 is 2.23. The zero-order chi connectivity index (χ0) is 14.1. The fourth-order valence-electron chi connectivity index (χ4n) is 3.02. The lowest BCUT2D eigenvalue weighted by Crippen LogP contribution is -2.15. The van der Waals surface area contributed by atoms with Gasteiger partial charge in [0.15, 0.2) is 0 Å². The molecule has 1 aromatic heterocycles. The van der Waals surface area contributed by atoms with Crippen molar-refractivity contribution < 1.29 is 0 Å². The van der Waals surface area contributed by atoms with Crippen LogP contribution in [0.1, 0.15) is 46.7 Å². The molecule has 102 valence electrons. The van der Waals surface area contributed by atoms with E-state index in [1.165, 1.54) is 28.7 Å². The third kappa shape index (κ3) is 2.35. The van der Waals surface area contributed by atoms with Gasteiger partial charge >= 0.3 is 0 Å². The summed E-state index contributed by atoms with van der Waals surface area (Å²) in [5, 5.41) is 8.91. The number of aromatic nitrogens is 1. The maximum absolute atomic E-state index is 8.91. The first-order valence-corrected chi connectivity index (χ1v) is 7.11. The van der Waals surface area contributed by atoms with Gasteiger partial charge in [-0.3, -0.25) is 0 Å². The largest absolute Gasteiger partial charge is 0.349 e. The van der Waals surface area contributed by atoms with E-state index in [0.29, 0.717) is 0 Å². The van der Waals surface area contributed by atoms with E-state index in [4.69, 9.17) is 11.0 Å². The zero-order valence-corrected chi connectivity index (χ0v) is 11.8. The Morgan fingerprint density at radius 2 is 2.25 bits per heavy atom. The molecule has 1 aromatic carbocycles. The number of nitrogens with zero attached hydrogens (tertiary/aromatic N) is 2. The van der Waals surface area contributed by atoms with Crippen molar-refractivity contribution >= 4 is 0 Å². The van der Waals surface area contributed by atoms with Gasteiger partial charge in [0.1, 0.15) is 0 Å². The second-order valence-corrected chi connectivity index (χ2v) is 5.66. The number of rotatable bonds is 2. The van der Waals surface area contributed by atoms with E-state index in [1.807, 2.05) is 18.2 Å². The molecule has 1 heterocycles. The maximum atomic E-state index is 8.91. The van der Waals surface area contributed by atoms with Crippen LogP contribution in [0.2, 0.25) is 0 Å². The SMILES string of the molecule is Cc1cc(C#N)ccc1Cn1cc2c(c1)C(N)CCC2. The highest BCUT2D eigenvalue weighted by molar-refractivity contribution is 5.38. The minimum atomic E-state index is 0.196. The van der Waals surface area contributed by atoms with Crippen LogP contribution in [0, 0.1) is 18.3 Å². The average molecular weight is 265 g/mol. The molecule has 0 aliphatic heterocycles. The predicted molar refractivity (Wildman–Crippen MR) is 79.3 cm³/mol. The van der Waals surface area contributed by atoms with Crippen LogP contribution in [0.15, 0.2) is 30.6 Å². The first kappa shape index (κ1) is 13.0. The molecule has 3 nitrogen and oxygen atoms in total. The van der Waals surface area contributed by atoms with Crippen molar-refractivity contribution in [2.75, 3.05) is 0 Å². The maximum Gasteiger partial charge on any atom is 0.0991 e. The summed E-state index contributed by atoms with van der Waals surface area (Å²) >= 11 is 0. The van der Waals surface area contributed by atoms with E-state index in [2.05, 4.69) is 30.0 Å². The Labute approximate surface area is 119 Å². The van der Waals surface area contributed by atoms with Crippen LogP contribution < -0.4 is 5.73 Å². The smallest absolute Gasteiger partial charge is 0.0991 e. The van der Waals surface area contributed by atoms with Crippen molar-refractivity contribution in [3.8, 4) is 6.07 Å². The molecule has 3 rings (SSSR count). The van der Waals surface area contributed by atoms with Gasteiger partial charge < -0.3 is 10.3 Å². The molecule has 0 amide bonds. The van der Waals surface area contributed by atoms with Crippen molar-refractivity contribution in [1.82, 2.24) is 4.57 Å². The highest BCUT2D eigenvalue weighted by Crippen LogP contribution is 2.29. The highest BCUT2D eigenvalue weighted by Gasteiger charge is 2.18. The summed E-state index contributed by atoms with van der Waals surface area (Å²) in [4.78, 5) is 0. The van der Waals surface area contributed by atoms with E-state index in [9.17, 15) is 0 Å². The summed E-state index contributed by atoms with van der Waals surface area (Å²) in [6.45, 7) is 2.91. The summed E-state index contributed by atoms with van der Waals surface area (Å²) in [7, 11) is 0. The van der Waals surface area contributed by atoms with Crippen LogP contribution in [-0.2, 0) is 13.0 Å². The molecule has 0 bridgehead atoms. The van der Waals surface area contributed by atoms with Crippen molar-refractivity contribution in [2.45, 2.75) is 38.8 Å². The monoisotopic (exact) mass is 265 g/mol. The lowest BCUT2D eigenvalue weighted by atomic mass is 9.92. The second-order valence-electron chi connectivity index (χ2n) is 5.66. The van der Waals surface area contributed by atoms with Gasteiger partial charge in [-0.2, -0.15) is 5.26 Å². The lowest BCUT2D eigenvalue weighted by Gasteiger charge is -2.17. The fourth-order valence-corrected chi connectivity index (χ4v) is 3.02. The van der Waals surface area contributed by atoms with Crippen molar-refractivity contribution in [3.05, 3.63) is 58.4 Å². The molecular weight excluding hydrogens is 246 g/mol. The Balaban J connectivity index is 1.87. The van der Waals surface area contributed by atoms with Gasteiger partial charge in [-0.15, -0.1) is 0 Å². The minimum Gasteiger partial charge on any atom is -0.349 e. The number of hydrogen-bond acceptors (Lipinski definition) is 2. The van der Waals surface area contributed by atoms with E-state index in [1.54, 1.807) is 0 Å². The molecule has 0 fully saturated rings. The molecule has 2 aromatic rings. The van der Waals surface area contributed by atoms with Crippen molar-refractivity contribution in [3.63, 3.8) is 0 Å². The van der Waals surface area contributed by atoms with Crippen LogP contribution in [0.25, 0.3) is 0 Å². The van der Waals surface area contributed by atoms with Crippen LogP contribution in [0.5, 0.6) is 0 Å². The number of nitriles is 1. The Morgan fingerprint density at radius 3 is 2.95 bits per heavy atom. The lowest BCUT2D eigenvalue weighted by molar-refractivity contribution is 0.573. The molecule has 1 aliphatic carbocycles. The van der Waals surface area contributed by atoms with Gasteiger partial charge in [-0.05, 0) is 60.6 Å². The van der Waals surface area contributed by atoms with Crippen LogP contribution in [-0.4, -0.2) is 4.57 Å². The van der Waals surface area contributed by atoms with Crippen molar-refractivity contribution in [1.29, 1.82) is 5.26 Å². The Morgan fingerprint density at radius 1 is 1.40 bits per heavy atom. The van der Waals surface area contributed by atoms with Crippen LogP contribution >= 0.6 is 0 Å². The van der Waals surface area contributed by atoms with Gasteiger partial charge in [0.05, 0.1) is 11.6 Å². The van der Waals surface area contributed by atoms with Crippen LogP contribution in [0.4, 0.5) is 0 Å². The summed E-state index contributed by atoms with van der Waals surface area (Å²) in [6.07, 6.45) is 7.84. The minimum absolute atomic E-state index is 0.196. The first-order chi connectivity index (χ1) is 9.67. The number of aryl methyl sites for hydroxylation is 2. The highest BCUT2D eigenvalue weighted by atomic mass is 14.9. The molecule has 1 unspecified atom stereocenters. The Hall–Kier alpha value is -2.05. The van der Waals surface area contributed by atoms with Gasteiger partial charge in [0.25, 0.3) is 0 Å². The molecule has 0 spiro atoms. The molecule has 1 atom stereocenters. The molecule has 0 saturated carbocycles. The van der Waals surface area contributed by atoms with Crippen molar-refractivity contribution in [2.24, 2.45) is 5.73 Å². The molecule has 20 heavy (non-hydrogen) atoms. The van der Waals surface area contributed by atoms with E-state index in [0.717, 1.165) is 24.9 Å². The molecule has 0 saturated heterocycles. The average Bonchev–Trinajstić information content (AvgIpc) is 2.85. The molecule has 1 aliphatic rings. The quantitative estimate of drug-likeness (QED) is 0.907. The van der Waals surface area contributed by atoms with E-state index in [-0.39, 0.29) is 6.04 Å². The third-order valence-electron chi connectivity index (χ3n) is 4.18. The summed E-state index contributed by atoms with van der Waals surface area (Å²) in [5.41, 5.74) is 12.0. The van der Waals surface area contributed by atoms with Gasteiger partial charge in [0, 0.05) is 25.0 Å². The summed E-state index contributed by atoms with van der Waals surface area (Å²) in [6, 6.07) is 8.26. The Bertz CT molecular complexity index is 676. The molecule has 0 radical (unpaired) electrons. The third-order valence-corrected chi connectivity index (χ3v) is 4.18. The standard InChI is InChI=1S/C17H19N3/c1-12-7-13(8-18)5-6-14(12)9-20-10-15-3-2-4-17(19)16(15)11-20/h5-7,10-11,17H,2-4,9,19H2,1H3. The number of benzene rings is 1. The number of hydrogen-bond donors (Lipinski definition) is 1. The summed E-state index contributed by atoms with van der Waals surface area (Å²) in [5.74, 6) is 0. The fraction of sp³-hybridized carbons (Fsp3) is 0.353. The Kier molecular flexibility index (Phi) is 3.33. The topological polar surface area (TPSA) is 54.7 Å². The molecular formula is C17H19N3. The number of nitrogens with two attached hydrogens (primary N) is 1. The number of fused-ring (bicyclic) bond motifs is 1. The second kappa shape index (κ2) is 5.15. The normalized spacial score (nSPS) is 17.6.